The molecule has 0 atom stereocenters. The summed E-state index contributed by atoms with van der Waals surface area (Å²) in [5.74, 6) is 1.30. The molecular formula is C15H17F3N4O. The SMILES string of the molecule is CN=C(NCCC(F)(F)F)NCc1ncc(-c2ccccc2)o1. The van der Waals surface area contributed by atoms with Crippen LogP contribution in [0.25, 0.3) is 11.3 Å². The number of benzene rings is 1. The molecular weight excluding hydrogens is 309 g/mol. The number of aromatic nitrogens is 1. The van der Waals surface area contributed by atoms with Crippen molar-refractivity contribution in [1.82, 2.24) is 15.6 Å². The molecule has 0 unspecified atom stereocenters. The van der Waals surface area contributed by atoms with Gasteiger partial charge in [0.25, 0.3) is 0 Å². The molecule has 2 rings (SSSR count). The van der Waals surface area contributed by atoms with Gasteiger partial charge in [-0.25, -0.2) is 4.98 Å². The molecule has 8 heteroatoms. The normalized spacial score (nSPS) is 12.3. The first-order valence-corrected chi connectivity index (χ1v) is 6.99. The molecule has 0 saturated carbocycles. The summed E-state index contributed by atoms with van der Waals surface area (Å²) in [5, 5.41) is 5.44. The number of nitrogens with one attached hydrogen (secondary N) is 2. The predicted octanol–water partition coefficient (Wildman–Crippen LogP) is 2.96. The molecule has 23 heavy (non-hydrogen) atoms. The van der Waals surface area contributed by atoms with E-state index < -0.39 is 12.6 Å². The van der Waals surface area contributed by atoms with Gasteiger partial charge in [-0.1, -0.05) is 30.3 Å². The van der Waals surface area contributed by atoms with Gasteiger partial charge in [0.2, 0.25) is 5.89 Å². The molecule has 0 amide bonds. The van der Waals surface area contributed by atoms with Crippen LogP contribution in [-0.4, -0.2) is 30.7 Å². The Labute approximate surface area is 131 Å². The number of hydrogen-bond donors (Lipinski definition) is 2. The largest absolute Gasteiger partial charge is 0.439 e. The maximum atomic E-state index is 12.1. The van der Waals surface area contributed by atoms with Gasteiger partial charge in [-0.15, -0.1) is 0 Å². The summed E-state index contributed by atoms with van der Waals surface area (Å²) in [4.78, 5) is 7.97. The maximum absolute atomic E-state index is 12.1. The second kappa shape index (κ2) is 7.66. The Morgan fingerprint density at radius 3 is 2.61 bits per heavy atom. The highest BCUT2D eigenvalue weighted by Gasteiger charge is 2.26. The van der Waals surface area contributed by atoms with Crippen LogP contribution in [0.1, 0.15) is 12.3 Å². The van der Waals surface area contributed by atoms with Gasteiger partial charge in [-0.3, -0.25) is 4.99 Å². The lowest BCUT2D eigenvalue weighted by Gasteiger charge is -2.11. The molecule has 124 valence electrons. The monoisotopic (exact) mass is 326 g/mol. The van der Waals surface area contributed by atoms with Crippen molar-refractivity contribution in [3.8, 4) is 11.3 Å². The molecule has 0 spiro atoms. The first kappa shape index (κ1) is 16.9. The molecule has 0 radical (unpaired) electrons. The van der Waals surface area contributed by atoms with Crippen LogP contribution in [0.4, 0.5) is 13.2 Å². The number of oxazole rings is 1. The number of aliphatic imine (C=N–C) groups is 1. The second-order valence-corrected chi connectivity index (χ2v) is 4.70. The third-order valence-corrected chi connectivity index (χ3v) is 2.94. The molecule has 1 heterocycles. The molecule has 0 aliphatic rings. The molecule has 0 aliphatic carbocycles. The molecule has 0 fully saturated rings. The van der Waals surface area contributed by atoms with Crippen LogP contribution in [0, 0.1) is 0 Å². The van der Waals surface area contributed by atoms with Gasteiger partial charge >= 0.3 is 6.18 Å². The molecule has 2 aromatic rings. The lowest BCUT2D eigenvalue weighted by atomic mass is 10.2. The number of nitrogens with zero attached hydrogens (tertiary/aromatic N) is 2. The first-order chi connectivity index (χ1) is 11.0. The van der Waals surface area contributed by atoms with Crippen LogP contribution in [0.15, 0.2) is 45.9 Å². The minimum absolute atomic E-state index is 0.221. The van der Waals surface area contributed by atoms with E-state index in [-0.39, 0.29) is 19.0 Å². The van der Waals surface area contributed by atoms with Crippen molar-refractivity contribution in [3.05, 3.63) is 42.4 Å². The number of rotatable bonds is 5. The van der Waals surface area contributed by atoms with Gasteiger partial charge in [0.05, 0.1) is 19.2 Å². The summed E-state index contributed by atoms with van der Waals surface area (Å²) in [7, 11) is 1.48. The van der Waals surface area contributed by atoms with Gasteiger partial charge in [0.15, 0.2) is 11.7 Å². The van der Waals surface area contributed by atoms with E-state index in [0.717, 1.165) is 5.56 Å². The van der Waals surface area contributed by atoms with Crippen molar-refractivity contribution in [2.45, 2.75) is 19.1 Å². The lowest BCUT2D eigenvalue weighted by molar-refractivity contribution is -0.132. The average Bonchev–Trinajstić information content (AvgIpc) is 2.99. The van der Waals surface area contributed by atoms with E-state index in [1.165, 1.54) is 7.05 Å². The van der Waals surface area contributed by atoms with Gasteiger partial charge in [0, 0.05) is 19.2 Å². The third kappa shape index (κ3) is 5.65. The molecule has 0 saturated heterocycles. The van der Waals surface area contributed by atoms with Crippen LogP contribution >= 0.6 is 0 Å². The highest BCUT2D eigenvalue weighted by molar-refractivity contribution is 5.79. The second-order valence-electron chi connectivity index (χ2n) is 4.70. The highest BCUT2D eigenvalue weighted by atomic mass is 19.4. The standard InChI is InChI=1S/C15H17F3N4O/c1-19-14(20-8-7-15(16,17)18)22-10-13-21-9-12(23-13)11-5-3-2-4-6-11/h2-6,9H,7-8,10H2,1H3,(H2,19,20,22). The maximum Gasteiger partial charge on any atom is 0.390 e. The summed E-state index contributed by atoms with van der Waals surface area (Å²) >= 11 is 0. The fourth-order valence-corrected chi connectivity index (χ4v) is 1.83. The molecule has 1 aromatic heterocycles. The van der Waals surface area contributed by atoms with E-state index in [4.69, 9.17) is 4.42 Å². The first-order valence-electron chi connectivity index (χ1n) is 6.99. The minimum atomic E-state index is -4.20. The topological polar surface area (TPSA) is 62.5 Å². The van der Waals surface area contributed by atoms with E-state index in [2.05, 4.69) is 20.6 Å². The zero-order valence-corrected chi connectivity index (χ0v) is 12.5. The Hall–Kier alpha value is -2.51. The van der Waals surface area contributed by atoms with Crippen molar-refractivity contribution in [3.63, 3.8) is 0 Å². The van der Waals surface area contributed by atoms with Crippen LogP contribution < -0.4 is 10.6 Å². The van der Waals surface area contributed by atoms with Crippen molar-refractivity contribution in [2.75, 3.05) is 13.6 Å². The summed E-state index contributed by atoms with van der Waals surface area (Å²) < 4.78 is 41.9. The van der Waals surface area contributed by atoms with Crippen molar-refractivity contribution < 1.29 is 17.6 Å². The van der Waals surface area contributed by atoms with Gasteiger partial charge in [-0.05, 0) is 0 Å². The van der Waals surface area contributed by atoms with Gasteiger partial charge < -0.3 is 15.1 Å². The lowest BCUT2D eigenvalue weighted by Crippen LogP contribution is -2.38. The molecule has 0 bridgehead atoms. The van der Waals surface area contributed by atoms with E-state index in [1.54, 1.807) is 6.20 Å². The van der Waals surface area contributed by atoms with Crippen molar-refractivity contribution in [1.29, 1.82) is 0 Å². The number of hydrogen-bond acceptors (Lipinski definition) is 3. The Morgan fingerprint density at radius 2 is 1.96 bits per heavy atom. The van der Waals surface area contributed by atoms with Crippen LogP contribution in [0.5, 0.6) is 0 Å². The van der Waals surface area contributed by atoms with E-state index >= 15 is 0 Å². The highest BCUT2D eigenvalue weighted by Crippen LogP contribution is 2.19. The summed E-state index contributed by atoms with van der Waals surface area (Å²) in [5.41, 5.74) is 0.902. The fourth-order valence-electron chi connectivity index (χ4n) is 1.83. The number of alkyl halides is 3. The summed E-state index contributed by atoms with van der Waals surface area (Å²) in [6.45, 7) is -0.0253. The van der Waals surface area contributed by atoms with Crippen LogP contribution in [-0.2, 0) is 6.54 Å². The van der Waals surface area contributed by atoms with Crippen molar-refractivity contribution in [2.24, 2.45) is 4.99 Å². The predicted molar refractivity (Wildman–Crippen MR) is 80.8 cm³/mol. The van der Waals surface area contributed by atoms with E-state index in [9.17, 15) is 13.2 Å². The van der Waals surface area contributed by atoms with Crippen molar-refractivity contribution >= 4 is 5.96 Å². The summed E-state index contributed by atoms with van der Waals surface area (Å²) in [6.07, 6.45) is -3.52. The molecule has 2 N–H and O–H groups in total. The van der Waals surface area contributed by atoms with E-state index in [0.29, 0.717) is 11.7 Å². The van der Waals surface area contributed by atoms with Crippen LogP contribution in [0.3, 0.4) is 0 Å². The Morgan fingerprint density at radius 1 is 1.22 bits per heavy atom. The Balaban J connectivity index is 1.84. The third-order valence-electron chi connectivity index (χ3n) is 2.94. The van der Waals surface area contributed by atoms with Gasteiger partial charge in [-0.2, -0.15) is 13.2 Å². The Kier molecular flexibility index (Phi) is 5.61. The molecule has 0 aliphatic heterocycles. The minimum Gasteiger partial charge on any atom is -0.439 e. The Bertz CT molecular complexity index is 638. The van der Waals surface area contributed by atoms with E-state index in [1.807, 2.05) is 30.3 Å². The molecule has 1 aromatic carbocycles. The smallest absolute Gasteiger partial charge is 0.390 e. The van der Waals surface area contributed by atoms with Crippen LogP contribution in [0.2, 0.25) is 0 Å². The number of halogens is 3. The zero-order valence-electron chi connectivity index (χ0n) is 12.5. The fraction of sp³-hybridized carbons (Fsp3) is 0.333. The molecule has 5 nitrogen and oxygen atoms in total. The zero-order chi connectivity index (χ0) is 16.7. The average molecular weight is 326 g/mol. The quantitative estimate of drug-likeness (QED) is 0.655. The number of guanidine groups is 1. The summed E-state index contributed by atoms with van der Waals surface area (Å²) in [6, 6.07) is 9.48. The van der Waals surface area contributed by atoms with Gasteiger partial charge in [0.1, 0.15) is 0 Å².